The van der Waals surface area contributed by atoms with E-state index in [0.29, 0.717) is 38.3 Å². The summed E-state index contributed by atoms with van der Waals surface area (Å²) in [5.74, 6) is 2.60. The summed E-state index contributed by atoms with van der Waals surface area (Å²) in [6.07, 6.45) is 4.56. The van der Waals surface area contributed by atoms with Crippen molar-refractivity contribution in [3.8, 4) is 0 Å². The SMILES string of the molecule is O=C1CCCC(=O)N1CCS(=O)(=O)N1CCC(CSCc2ccco2)CC1. The summed E-state index contributed by atoms with van der Waals surface area (Å²) >= 11 is 1.81. The zero-order valence-corrected chi connectivity index (χ0v) is 17.0. The number of sulfonamides is 1. The van der Waals surface area contributed by atoms with Crippen molar-refractivity contribution >= 4 is 33.6 Å². The molecule has 2 aliphatic rings. The number of imide groups is 1. The van der Waals surface area contributed by atoms with Crippen LogP contribution in [0.5, 0.6) is 0 Å². The largest absolute Gasteiger partial charge is 0.468 e. The van der Waals surface area contributed by atoms with Crippen LogP contribution in [-0.4, -0.2) is 60.6 Å². The highest BCUT2D eigenvalue weighted by Crippen LogP contribution is 2.25. The van der Waals surface area contributed by atoms with Gasteiger partial charge in [-0.15, -0.1) is 0 Å². The Kier molecular flexibility index (Phi) is 6.99. The Morgan fingerprint density at radius 1 is 1.15 bits per heavy atom. The highest BCUT2D eigenvalue weighted by molar-refractivity contribution is 7.98. The molecule has 2 amide bonds. The van der Waals surface area contributed by atoms with Gasteiger partial charge in [-0.1, -0.05) is 0 Å². The molecule has 27 heavy (non-hydrogen) atoms. The van der Waals surface area contributed by atoms with Crippen LogP contribution in [0.4, 0.5) is 0 Å². The zero-order chi connectivity index (χ0) is 19.3. The van der Waals surface area contributed by atoms with Gasteiger partial charge in [0.15, 0.2) is 0 Å². The van der Waals surface area contributed by atoms with Gasteiger partial charge >= 0.3 is 0 Å². The first-order chi connectivity index (χ1) is 13.0. The minimum absolute atomic E-state index is 0.0288. The van der Waals surface area contributed by atoms with Crippen molar-refractivity contribution in [1.29, 1.82) is 0 Å². The normalized spacial score (nSPS) is 20.4. The Morgan fingerprint density at radius 2 is 1.85 bits per heavy atom. The summed E-state index contributed by atoms with van der Waals surface area (Å²) in [4.78, 5) is 24.7. The lowest BCUT2D eigenvalue weighted by molar-refractivity contribution is -0.147. The van der Waals surface area contributed by atoms with E-state index >= 15 is 0 Å². The third kappa shape index (κ3) is 5.58. The van der Waals surface area contributed by atoms with E-state index in [1.54, 1.807) is 6.26 Å². The van der Waals surface area contributed by atoms with Crippen LogP contribution in [-0.2, 0) is 25.4 Å². The number of rotatable bonds is 8. The molecule has 1 aromatic rings. The Bertz CT molecular complexity index is 724. The number of carbonyl (C=O) groups is 2. The summed E-state index contributed by atoms with van der Waals surface area (Å²) in [6, 6.07) is 3.84. The van der Waals surface area contributed by atoms with Crippen LogP contribution >= 0.6 is 11.8 Å². The van der Waals surface area contributed by atoms with Crippen molar-refractivity contribution in [2.24, 2.45) is 5.92 Å². The molecule has 0 radical (unpaired) electrons. The van der Waals surface area contributed by atoms with Crippen molar-refractivity contribution in [3.63, 3.8) is 0 Å². The lowest BCUT2D eigenvalue weighted by atomic mass is 10.0. The number of thioether (sulfide) groups is 1. The summed E-state index contributed by atoms with van der Waals surface area (Å²) in [5, 5.41) is 0. The molecule has 0 aliphatic carbocycles. The molecule has 2 fully saturated rings. The zero-order valence-electron chi connectivity index (χ0n) is 15.3. The predicted molar refractivity (Wildman–Crippen MR) is 104 cm³/mol. The third-order valence-corrected chi connectivity index (χ3v) is 8.15. The highest BCUT2D eigenvalue weighted by atomic mass is 32.2. The second kappa shape index (κ2) is 9.25. The topological polar surface area (TPSA) is 87.9 Å². The van der Waals surface area contributed by atoms with E-state index in [2.05, 4.69) is 0 Å². The molecule has 0 aromatic carbocycles. The number of carbonyl (C=O) groups excluding carboxylic acids is 2. The van der Waals surface area contributed by atoms with Gasteiger partial charge in [-0.2, -0.15) is 11.8 Å². The smallest absolute Gasteiger partial charge is 0.229 e. The average molecular weight is 415 g/mol. The highest BCUT2D eigenvalue weighted by Gasteiger charge is 2.31. The molecule has 1 aromatic heterocycles. The molecule has 0 saturated carbocycles. The van der Waals surface area contributed by atoms with E-state index < -0.39 is 10.0 Å². The molecule has 0 spiro atoms. The van der Waals surface area contributed by atoms with Crippen LogP contribution in [0.15, 0.2) is 22.8 Å². The number of hydrogen-bond acceptors (Lipinski definition) is 6. The van der Waals surface area contributed by atoms with E-state index in [4.69, 9.17) is 4.42 Å². The maximum Gasteiger partial charge on any atom is 0.229 e. The standard InChI is InChI=1S/C18H26N2O5S2/c21-17-4-1-5-18(22)20(17)10-12-27(23,24)19-8-6-15(7-9-19)13-26-14-16-3-2-11-25-16/h2-3,11,15H,1,4-10,12-14H2. The first-order valence-corrected chi connectivity index (χ1v) is 12.1. The monoisotopic (exact) mass is 414 g/mol. The van der Waals surface area contributed by atoms with Gasteiger partial charge in [-0.3, -0.25) is 14.5 Å². The van der Waals surface area contributed by atoms with Gasteiger partial charge in [0.25, 0.3) is 0 Å². The molecule has 3 heterocycles. The van der Waals surface area contributed by atoms with E-state index in [1.807, 2.05) is 23.9 Å². The van der Waals surface area contributed by atoms with Crippen LogP contribution < -0.4 is 0 Å². The molecular formula is C18H26N2O5S2. The number of nitrogens with zero attached hydrogens (tertiary/aromatic N) is 2. The Balaban J connectivity index is 1.41. The lowest BCUT2D eigenvalue weighted by Gasteiger charge is -2.32. The Labute approximate surface area is 164 Å². The lowest BCUT2D eigenvalue weighted by Crippen LogP contribution is -2.46. The summed E-state index contributed by atoms with van der Waals surface area (Å²) in [7, 11) is -3.44. The molecular weight excluding hydrogens is 388 g/mol. The van der Waals surface area contributed by atoms with Crippen LogP contribution in [0.1, 0.15) is 37.9 Å². The van der Waals surface area contributed by atoms with Crippen molar-refractivity contribution in [2.75, 3.05) is 31.1 Å². The van der Waals surface area contributed by atoms with Crippen molar-refractivity contribution in [3.05, 3.63) is 24.2 Å². The second-order valence-electron chi connectivity index (χ2n) is 7.05. The van der Waals surface area contributed by atoms with E-state index in [1.165, 1.54) is 4.31 Å². The van der Waals surface area contributed by atoms with Gasteiger partial charge in [-0.05, 0) is 43.1 Å². The van der Waals surface area contributed by atoms with Crippen LogP contribution in [0.3, 0.4) is 0 Å². The molecule has 150 valence electrons. The first-order valence-electron chi connectivity index (χ1n) is 9.37. The van der Waals surface area contributed by atoms with E-state index in [-0.39, 0.29) is 24.1 Å². The third-order valence-electron chi connectivity index (χ3n) is 5.10. The maximum atomic E-state index is 12.6. The maximum absolute atomic E-state index is 12.6. The van der Waals surface area contributed by atoms with Crippen LogP contribution in [0, 0.1) is 5.92 Å². The number of furan rings is 1. The Morgan fingerprint density at radius 3 is 2.48 bits per heavy atom. The fourth-order valence-corrected chi connectivity index (χ4v) is 6.05. The number of hydrogen-bond donors (Lipinski definition) is 0. The molecule has 2 aliphatic heterocycles. The minimum atomic E-state index is -3.44. The number of amides is 2. The van der Waals surface area contributed by atoms with Gasteiger partial charge in [0.2, 0.25) is 21.8 Å². The fourth-order valence-electron chi connectivity index (χ4n) is 3.46. The van der Waals surface area contributed by atoms with E-state index in [0.717, 1.165) is 35.0 Å². The molecule has 2 saturated heterocycles. The van der Waals surface area contributed by atoms with Gasteiger partial charge in [-0.25, -0.2) is 12.7 Å². The molecule has 7 nitrogen and oxygen atoms in total. The van der Waals surface area contributed by atoms with Gasteiger partial charge in [0.1, 0.15) is 5.76 Å². The first kappa shape index (κ1) is 20.4. The Hall–Kier alpha value is -1.32. The average Bonchev–Trinajstić information content (AvgIpc) is 3.15. The summed E-state index contributed by atoms with van der Waals surface area (Å²) in [6.45, 7) is 0.991. The predicted octanol–water partition coefficient (Wildman–Crippen LogP) is 2.09. The molecule has 3 rings (SSSR count). The van der Waals surface area contributed by atoms with Crippen molar-refractivity contribution < 1.29 is 22.4 Å². The van der Waals surface area contributed by atoms with Gasteiger partial charge in [0.05, 0.1) is 17.8 Å². The van der Waals surface area contributed by atoms with E-state index in [9.17, 15) is 18.0 Å². The van der Waals surface area contributed by atoms with Gasteiger partial charge < -0.3 is 4.42 Å². The number of piperidine rings is 2. The molecule has 9 heteroatoms. The van der Waals surface area contributed by atoms with Crippen LogP contribution in [0.25, 0.3) is 0 Å². The molecule has 0 atom stereocenters. The van der Waals surface area contributed by atoms with Crippen LogP contribution in [0.2, 0.25) is 0 Å². The van der Waals surface area contributed by atoms with Gasteiger partial charge in [0, 0.05) is 32.5 Å². The molecule has 0 bridgehead atoms. The molecule has 0 N–H and O–H groups in total. The quantitative estimate of drug-likeness (QED) is 0.605. The second-order valence-corrected chi connectivity index (χ2v) is 10.2. The van der Waals surface area contributed by atoms with Crippen molar-refractivity contribution in [1.82, 2.24) is 9.21 Å². The summed E-state index contributed by atoms with van der Waals surface area (Å²) < 4.78 is 32.0. The number of likely N-dealkylation sites (tertiary alicyclic amines) is 1. The minimum Gasteiger partial charge on any atom is -0.468 e. The fraction of sp³-hybridized carbons (Fsp3) is 0.667. The summed E-state index contributed by atoms with van der Waals surface area (Å²) in [5.41, 5.74) is 0. The van der Waals surface area contributed by atoms with Crippen molar-refractivity contribution in [2.45, 2.75) is 37.9 Å². The molecule has 0 unspecified atom stereocenters.